The van der Waals surface area contributed by atoms with Crippen LogP contribution in [0.5, 0.6) is 11.5 Å². The third-order valence-corrected chi connectivity index (χ3v) is 1.96. The first-order chi connectivity index (χ1) is 7.41. The van der Waals surface area contributed by atoms with Gasteiger partial charge in [-0.25, -0.2) is 5.90 Å². The molecule has 4 nitrogen and oxygen atoms in total. The summed E-state index contributed by atoms with van der Waals surface area (Å²) in [5.41, 5.74) is -0.930. The van der Waals surface area contributed by atoms with E-state index in [0.717, 1.165) is 19.2 Å². The zero-order valence-corrected chi connectivity index (χ0v) is 8.34. The molecule has 1 aromatic rings. The van der Waals surface area contributed by atoms with Gasteiger partial charge < -0.3 is 9.84 Å². The largest absolute Gasteiger partial charge is 0.504 e. The molecule has 0 bridgehead atoms. The van der Waals surface area contributed by atoms with E-state index in [9.17, 15) is 18.3 Å². The maximum atomic E-state index is 12.5. The first-order valence-electron chi connectivity index (χ1n) is 4.19. The lowest BCUT2D eigenvalue weighted by Gasteiger charge is -2.15. The lowest BCUT2D eigenvalue weighted by molar-refractivity contribution is -0.138. The van der Waals surface area contributed by atoms with Crippen molar-refractivity contribution in [2.24, 2.45) is 5.90 Å². The number of rotatable bonds is 3. The van der Waals surface area contributed by atoms with Crippen LogP contribution in [-0.4, -0.2) is 12.2 Å². The number of phenolic OH excluding ortho intramolecular Hbond substituents is 1. The van der Waals surface area contributed by atoms with Gasteiger partial charge in [0.2, 0.25) is 0 Å². The molecule has 16 heavy (non-hydrogen) atoms. The molecule has 0 aliphatic heterocycles. The van der Waals surface area contributed by atoms with Gasteiger partial charge in [-0.2, -0.15) is 13.2 Å². The van der Waals surface area contributed by atoms with E-state index in [1.807, 2.05) is 0 Å². The average molecular weight is 237 g/mol. The van der Waals surface area contributed by atoms with Crippen LogP contribution < -0.4 is 10.6 Å². The molecule has 0 saturated carbocycles. The topological polar surface area (TPSA) is 64.7 Å². The smallest absolute Gasteiger partial charge is 0.420 e. The van der Waals surface area contributed by atoms with Gasteiger partial charge in [-0.1, -0.05) is 6.07 Å². The van der Waals surface area contributed by atoms with Crippen LogP contribution in [0.2, 0.25) is 0 Å². The summed E-state index contributed by atoms with van der Waals surface area (Å²) >= 11 is 0. The average Bonchev–Trinajstić information content (AvgIpc) is 2.19. The summed E-state index contributed by atoms with van der Waals surface area (Å²) in [5, 5.41) is 9.50. The second kappa shape index (κ2) is 4.58. The van der Waals surface area contributed by atoms with E-state index in [1.54, 1.807) is 0 Å². The highest BCUT2D eigenvalue weighted by Crippen LogP contribution is 2.42. The number of halogens is 3. The number of hydrogen-bond donors (Lipinski definition) is 2. The highest BCUT2D eigenvalue weighted by Gasteiger charge is 2.36. The Kier molecular flexibility index (Phi) is 3.61. The molecule has 0 unspecified atom stereocenters. The SMILES string of the molecule is COc1c(C(F)(F)F)ccc(CON)c1O. The second-order valence-corrected chi connectivity index (χ2v) is 2.96. The van der Waals surface area contributed by atoms with E-state index in [1.165, 1.54) is 0 Å². The summed E-state index contributed by atoms with van der Waals surface area (Å²) in [7, 11) is 1.04. The van der Waals surface area contributed by atoms with Crippen LogP contribution in [0.4, 0.5) is 13.2 Å². The summed E-state index contributed by atoms with van der Waals surface area (Å²) < 4.78 is 42.0. The van der Waals surface area contributed by atoms with Crippen LogP contribution in [-0.2, 0) is 17.6 Å². The number of ether oxygens (including phenoxy) is 1. The summed E-state index contributed by atoms with van der Waals surface area (Å²) in [6.07, 6.45) is -4.59. The fraction of sp³-hybridized carbons (Fsp3) is 0.333. The molecule has 0 aromatic heterocycles. The molecule has 7 heteroatoms. The minimum absolute atomic E-state index is 0.118. The third kappa shape index (κ3) is 2.37. The number of methoxy groups -OCH3 is 1. The molecule has 0 aliphatic rings. The number of hydrogen-bond acceptors (Lipinski definition) is 4. The number of phenols is 1. The molecule has 0 heterocycles. The van der Waals surface area contributed by atoms with Crippen LogP contribution in [0.1, 0.15) is 11.1 Å². The Morgan fingerprint density at radius 3 is 2.44 bits per heavy atom. The van der Waals surface area contributed by atoms with Crippen LogP contribution in [0.3, 0.4) is 0 Å². The van der Waals surface area contributed by atoms with Gasteiger partial charge in [-0.05, 0) is 6.07 Å². The van der Waals surface area contributed by atoms with E-state index in [4.69, 9.17) is 5.90 Å². The first-order valence-corrected chi connectivity index (χ1v) is 4.19. The molecule has 0 fully saturated rings. The molecule has 0 amide bonds. The normalized spacial score (nSPS) is 11.6. The Hall–Kier alpha value is -1.47. The van der Waals surface area contributed by atoms with Gasteiger partial charge in [0.25, 0.3) is 0 Å². The molecule has 0 atom stereocenters. The van der Waals surface area contributed by atoms with Gasteiger partial charge in [-0.3, -0.25) is 4.84 Å². The Balaban J connectivity index is 3.29. The van der Waals surface area contributed by atoms with Crippen molar-refractivity contribution in [1.82, 2.24) is 0 Å². The predicted octanol–water partition coefficient (Wildman–Crippen LogP) is 1.81. The zero-order chi connectivity index (χ0) is 12.3. The molecule has 0 saturated heterocycles. The van der Waals surface area contributed by atoms with Gasteiger partial charge in [0, 0.05) is 5.56 Å². The van der Waals surface area contributed by atoms with E-state index < -0.39 is 23.2 Å². The van der Waals surface area contributed by atoms with Crippen molar-refractivity contribution < 1.29 is 27.9 Å². The van der Waals surface area contributed by atoms with Crippen molar-refractivity contribution in [2.75, 3.05) is 7.11 Å². The summed E-state index contributed by atoms with van der Waals surface area (Å²) in [6.45, 7) is -0.208. The van der Waals surface area contributed by atoms with Crippen molar-refractivity contribution >= 4 is 0 Å². The molecule has 0 radical (unpaired) electrons. The highest BCUT2D eigenvalue weighted by molar-refractivity contribution is 5.51. The van der Waals surface area contributed by atoms with Gasteiger partial charge >= 0.3 is 6.18 Å². The minimum atomic E-state index is -4.59. The van der Waals surface area contributed by atoms with E-state index in [2.05, 4.69) is 9.57 Å². The predicted molar refractivity (Wildman–Crippen MR) is 48.6 cm³/mol. The van der Waals surface area contributed by atoms with Crippen molar-refractivity contribution in [1.29, 1.82) is 0 Å². The Bertz CT molecular complexity index is 379. The standard InChI is InChI=1S/C9H10F3NO3/c1-15-8-6(9(10,11)12)3-2-5(4-16-13)7(8)14/h2-3,14H,4,13H2,1H3. The second-order valence-electron chi connectivity index (χ2n) is 2.96. The summed E-state index contributed by atoms with van der Waals surface area (Å²) in [5.74, 6) is 3.51. The summed E-state index contributed by atoms with van der Waals surface area (Å²) in [4.78, 5) is 4.24. The highest BCUT2D eigenvalue weighted by atomic mass is 19.4. The minimum Gasteiger partial charge on any atom is -0.504 e. The number of benzene rings is 1. The molecular weight excluding hydrogens is 227 g/mol. The van der Waals surface area contributed by atoms with Crippen LogP contribution >= 0.6 is 0 Å². The Labute approximate surface area is 89.3 Å². The third-order valence-electron chi connectivity index (χ3n) is 1.96. The van der Waals surface area contributed by atoms with E-state index in [-0.39, 0.29) is 12.2 Å². The molecule has 1 rings (SSSR count). The van der Waals surface area contributed by atoms with E-state index >= 15 is 0 Å². The van der Waals surface area contributed by atoms with Crippen molar-refractivity contribution in [3.8, 4) is 11.5 Å². The van der Waals surface area contributed by atoms with Crippen molar-refractivity contribution in [3.05, 3.63) is 23.3 Å². The fourth-order valence-corrected chi connectivity index (χ4v) is 1.25. The van der Waals surface area contributed by atoms with Gasteiger partial charge in [-0.15, -0.1) is 0 Å². The maximum absolute atomic E-state index is 12.5. The monoisotopic (exact) mass is 237 g/mol. The molecule has 90 valence electrons. The van der Waals surface area contributed by atoms with Gasteiger partial charge in [0.05, 0.1) is 13.7 Å². The van der Waals surface area contributed by atoms with Gasteiger partial charge in [0.1, 0.15) is 5.56 Å². The maximum Gasteiger partial charge on any atom is 0.420 e. The number of aromatic hydroxyl groups is 1. The Morgan fingerprint density at radius 1 is 1.38 bits per heavy atom. The summed E-state index contributed by atoms with van der Waals surface area (Å²) in [6, 6.07) is 1.88. The Morgan fingerprint density at radius 2 is 2.00 bits per heavy atom. The fourth-order valence-electron chi connectivity index (χ4n) is 1.25. The van der Waals surface area contributed by atoms with Gasteiger partial charge in [0.15, 0.2) is 11.5 Å². The van der Waals surface area contributed by atoms with Crippen LogP contribution in [0.25, 0.3) is 0 Å². The molecule has 1 aromatic carbocycles. The van der Waals surface area contributed by atoms with E-state index in [0.29, 0.717) is 0 Å². The number of alkyl halides is 3. The lowest BCUT2D eigenvalue weighted by atomic mass is 10.1. The first kappa shape index (κ1) is 12.6. The quantitative estimate of drug-likeness (QED) is 0.787. The zero-order valence-electron chi connectivity index (χ0n) is 8.34. The van der Waals surface area contributed by atoms with Crippen LogP contribution in [0.15, 0.2) is 12.1 Å². The number of nitrogens with two attached hydrogens (primary N) is 1. The lowest BCUT2D eigenvalue weighted by Crippen LogP contribution is -2.09. The molecule has 0 aliphatic carbocycles. The molecule has 3 N–H and O–H groups in total. The van der Waals surface area contributed by atoms with Crippen molar-refractivity contribution in [3.63, 3.8) is 0 Å². The molecule has 0 spiro atoms. The van der Waals surface area contributed by atoms with Crippen LogP contribution in [0, 0.1) is 0 Å². The molecular formula is C9H10F3NO3. The van der Waals surface area contributed by atoms with Crippen molar-refractivity contribution in [2.45, 2.75) is 12.8 Å².